The van der Waals surface area contributed by atoms with E-state index in [2.05, 4.69) is 4.57 Å². The van der Waals surface area contributed by atoms with Gasteiger partial charge in [0.15, 0.2) is 0 Å². The first-order valence-electron chi connectivity index (χ1n) is 9.54. The first-order chi connectivity index (χ1) is 13.9. The Morgan fingerprint density at radius 1 is 1.14 bits per heavy atom. The van der Waals surface area contributed by atoms with Crippen molar-refractivity contribution >= 4 is 22.9 Å². The van der Waals surface area contributed by atoms with Gasteiger partial charge >= 0.3 is 5.97 Å². The van der Waals surface area contributed by atoms with E-state index >= 15 is 0 Å². The normalized spacial score (nSPS) is 13.8. The van der Waals surface area contributed by atoms with Crippen LogP contribution in [0.5, 0.6) is 0 Å². The van der Waals surface area contributed by atoms with Crippen LogP contribution in [0, 0.1) is 5.82 Å². The fourth-order valence-electron chi connectivity index (χ4n) is 3.60. The van der Waals surface area contributed by atoms with E-state index in [0.717, 1.165) is 27.7 Å². The molecule has 0 aliphatic heterocycles. The molecule has 2 aromatic carbocycles. The van der Waals surface area contributed by atoms with Gasteiger partial charge in [0.2, 0.25) is 0 Å². The van der Waals surface area contributed by atoms with Crippen LogP contribution in [0.25, 0.3) is 28.1 Å². The van der Waals surface area contributed by atoms with E-state index in [-0.39, 0.29) is 12.2 Å². The van der Waals surface area contributed by atoms with E-state index in [9.17, 15) is 19.4 Å². The molecule has 3 N–H and O–H groups in total. The van der Waals surface area contributed by atoms with E-state index in [1.807, 2.05) is 31.2 Å². The fraction of sp³-hybridized carbons (Fsp3) is 0.261. The van der Waals surface area contributed by atoms with Crippen molar-refractivity contribution in [2.75, 3.05) is 0 Å². The van der Waals surface area contributed by atoms with E-state index in [0.29, 0.717) is 6.54 Å². The molecule has 152 valence electrons. The van der Waals surface area contributed by atoms with Crippen LogP contribution >= 0.6 is 0 Å². The Morgan fingerprint density at radius 3 is 2.48 bits per heavy atom. The maximum absolute atomic E-state index is 13.4. The molecule has 2 atom stereocenters. The first-order valence-corrected chi connectivity index (χ1v) is 9.54. The number of hydrogen-bond acceptors (Lipinski definition) is 3. The van der Waals surface area contributed by atoms with Gasteiger partial charge in [0.1, 0.15) is 5.82 Å². The number of aliphatic carboxylic acids is 1. The van der Waals surface area contributed by atoms with Crippen molar-refractivity contribution in [1.29, 1.82) is 0 Å². The molecule has 0 bridgehead atoms. The number of aryl methyl sites for hydroxylation is 1. The van der Waals surface area contributed by atoms with Gasteiger partial charge in [0.05, 0.1) is 18.6 Å². The number of carboxylic acid groups (broad SMARTS) is 1. The fourth-order valence-corrected chi connectivity index (χ4v) is 3.60. The molecule has 1 heterocycles. The second kappa shape index (κ2) is 9.03. The summed E-state index contributed by atoms with van der Waals surface area (Å²) in [6, 6.07) is 14.2. The molecule has 3 aromatic rings. The predicted molar refractivity (Wildman–Crippen MR) is 111 cm³/mol. The lowest BCUT2D eigenvalue weighted by molar-refractivity contribution is -0.139. The molecule has 0 aliphatic rings. The molecule has 5 nitrogen and oxygen atoms in total. The molecule has 0 unspecified atom stereocenters. The summed E-state index contributed by atoms with van der Waals surface area (Å²) in [5, 5.41) is 29.7. The molecular weight excluding hydrogens is 373 g/mol. The number of aliphatic hydroxyl groups is 2. The third-order valence-corrected chi connectivity index (χ3v) is 4.86. The summed E-state index contributed by atoms with van der Waals surface area (Å²) >= 11 is 0. The molecule has 0 amide bonds. The van der Waals surface area contributed by atoms with E-state index in [1.54, 1.807) is 24.3 Å². The summed E-state index contributed by atoms with van der Waals surface area (Å²) in [7, 11) is 0. The number of nitrogens with zero attached hydrogens (tertiary/aromatic N) is 1. The Kier molecular flexibility index (Phi) is 6.46. The van der Waals surface area contributed by atoms with Crippen LogP contribution in [0.4, 0.5) is 4.39 Å². The van der Waals surface area contributed by atoms with Crippen LogP contribution in [-0.4, -0.2) is 38.1 Å². The van der Waals surface area contributed by atoms with Gasteiger partial charge in [-0.25, -0.2) is 4.39 Å². The number of carbonyl (C=O) groups is 1. The van der Waals surface area contributed by atoms with Gasteiger partial charge in [-0.15, -0.1) is 0 Å². The van der Waals surface area contributed by atoms with Gasteiger partial charge in [-0.1, -0.05) is 36.4 Å². The average molecular weight is 397 g/mol. The summed E-state index contributed by atoms with van der Waals surface area (Å²) in [6.07, 6.45) is 0.732. The number of para-hydroxylation sites is 1. The van der Waals surface area contributed by atoms with Crippen molar-refractivity contribution in [2.24, 2.45) is 0 Å². The first kappa shape index (κ1) is 20.8. The Hall–Kier alpha value is -2.96. The van der Waals surface area contributed by atoms with E-state index < -0.39 is 24.6 Å². The topological polar surface area (TPSA) is 82.7 Å². The molecule has 29 heavy (non-hydrogen) atoms. The minimum atomic E-state index is -1.12. The van der Waals surface area contributed by atoms with Gasteiger partial charge < -0.3 is 19.9 Å². The Labute approximate surface area is 168 Å². The van der Waals surface area contributed by atoms with Crippen molar-refractivity contribution in [2.45, 2.75) is 38.5 Å². The van der Waals surface area contributed by atoms with Crippen LogP contribution in [0.2, 0.25) is 0 Å². The quantitative estimate of drug-likeness (QED) is 0.535. The number of rotatable bonds is 8. The lowest BCUT2D eigenvalue weighted by Crippen LogP contribution is -2.19. The minimum Gasteiger partial charge on any atom is -0.481 e. The Morgan fingerprint density at radius 2 is 1.83 bits per heavy atom. The highest BCUT2D eigenvalue weighted by Crippen LogP contribution is 2.36. The second-order valence-electron chi connectivity index (χ2n) is 6.94. The maximum atomic E-state index is 13.4. The van der Waals surface area contributed by atoms with Gasteiger partial charge in [-0.05, 0) is 36.8 Å². The molecule has 0 saturated heterocycles. The molecule has 3 rings (SSSR count). The highest BCUT2D eigenvalue weighted by molar-refractivity contribution is 6.00. The molecule has 1 aromatic heterocycles. The van der Waals surface area contributed by atoms with Crippen LogP contribution < -0.4 is 0 Å². The van der Waals surface area contributed by atoms with E-state index in [1.165, 1.54) is 12.1 Å². The summed E-state index contributed by atoms with van der Waals surface area (Å²) < 4.78 is 15.5. The summed E-state index contributed by atoms with van der Waals surface area (Å²) in [5.41, 5.74) is 3.66. The number of benzene rings is 2. The third-order valence-electron chi connectivity index (χ3n) is 4.86. The number of aromatic nitrogens is 1. The molecule has 0 radical (unpaired) electrons. The zero-order chi connectivity index (χ0) is 21.0. The SMILES string of the molecule is CCn1c(/C=C/[C@H](O)C[C@H](O)CC(=O)O)c(-c2ccc(F)cc2)c2ccccc21. The summed E-state index contributed by atoms with van der Waals surface area (Å²) in [5.74, 6) is -1.42. The van der Waals surface area contributed by atoms with Gasteiger partial charge in [0.25, 0.3) is 0 Å². The van der Waals surface area contributed by atoms with Crippen molar-refractivity contribution in [1.82, 2.24) is 4.57 Å². The van der Waals surface area contributed by atoms with E-state index in [4.69, 9.17) is 5.11 Å². The van der Waals surface area contributed by atoms with Crippen molar-refractivity contribution in [3.8, 4) is 11.1 Å². The van der Waals surface area contributed by atoms with Crippen LogP contribution in [0.3, 0.4) is 0 Å². The molecule has 0 spiro atoms. The summed E-state index contributed by atoms with van der Waals surface area (Å²) in [4.78, 5) is 10.7. The number of halogens is 1. The van der Waals surface area contributed by atoms with Crippen molar-refractivity contribution in [3.05, 3.63) is 66.1 Å². The highest BCUT2D eigenvalue weighted by atomic mass is 19.1. The number of carboxylic acids is 1. The monoisotopic (exact) mass is 397 g/mol. The second-order valence-corrected chi connectivity index (χ2v) is 6.94. The summed E-state index contributed by atoms with van der Waals surface area (Å²) in [6.45, 7) is 2.71. The Balaban J connectivity index is 2.03. The number of fused-ring (bicyclic) bond motifs is 1. The van der Waals surface area contributed by atoms with Crippen LogP contribution in [0.15, 0.2) is 54.6 Å². The molecular formula is C23H24FNO4. The standard InChI is InChI=1S/C23H24FNO4/c1-2-25-20-6-4-3-5-19(20)23(15-7-9-16(24)10-8-15)21(25)12-11-17(26)13-18(27)14-22(28)29/h3-12,17-18,26-27H,2,13-14H2,1H3,(H,28,29)/b12-11+/t17-,18-/m0/s1. The highest BCUT2D eigenvalue weighted by Gasteiger charge is 2.17. The van der Waals surface area contributed by atoms with Gasteiger partial charge in [-0.2, -0.15) is 0 Å². The Bertz CT molecular complexity index is 1020. The van der Waals surface area contributed by atoms with Crippen LogP contribution in [0.1, 0.15) is 25.5 Å². The molecule has 0 aliphatic carbocycles. The van der Waals surface area contributed by atoms with Crippen LogP contribution in [-0.2, 0) is 11.3 Å². The predicted octanol–water partition coefficient (Wildman–Crippen LogP) is 4.07. The molecule has 6 heteroatoms. The average Bonchev–Trinajstić information content (AvgIpc) is 2.99. The largest absolute Gasteiger partial charge is 0.481 e. The lowest BCUT2D eigenvalue weighted by atomic mass is 10.0. The van der Waals surface area contributed by atoms with Gasteiger partial charge in [0, 0.05) is 35.1 Å². The van der Waals surface area contributed by atoms with Crippen molar-refractivity contribution in [3.63, 3.8) is 0 Å². The zero-order valence-electron chi connectivity index (χ0n) is 16.1. The molecule has 0 saturated carbocycles. The number of hydrogen-bond donors (Lipinski definition) is 3. The zero-order valence-corrected chi connectivity index (χ0v) is 16.1. The minimum absolute atomic E-state index is 0.0684. The lowest BCUT2D eigenvalue weighted by Gasteiger charge is -2.12. The van der Waals surface area contributed by atoms with Gasteiger partial charge in [-0.3, -0.25) is 4.79 Å². The maximum Gasteiger partial charge on any atom is 0.305 e. The van der Waals surface area contributed by atoms with Crippen molar-refractivity contribution < 1.29 is 24.5 Å². The smallest absolute Gasteiger partial charge is 0.305 e. The molecule has 0 fully saturated rings. The third kappa shape index (κ3) is 4.72. The number of aliphatic hydroxyl groups excluding tert-OH is 2.